The number of imide groups is 1. The lowest BCUT2D eigenvalue weighted by atomic mass is 9.99. The van der Waals surface area contributed by atoms with Gasteiger partial charge in [-0.1, -0.05) is 35.0 Å². The Labute approximate surface area is 391 Å². The van der Waals surface area contributed by atoms with E-state index in [1.54, 1.807) is 35.6 Å². The van der Waals surface area contributed by atoms with E-state index in [0.29, 0.717) is 93.9 Å². The molecule has 17 nitrogen and oxygen atoms in total. The first-order valence-electron chi connectivity index (χ1n) is 21.8. The van der Waals surface area contributed by atoms with Gasteiger partial charge in [-0.25, -0.2) is 0 Å². The van der Waals surface area contributed by atoms with Crippen molar-refractivity contribution in [3.05, 3.63) is 116 Å². The standard InChI is InChI=1S/C47H52ClN9O8S/c1-28-29(2)66-47-42(28)43(31-5-8-33(48)9-6-31)51-38(45-54-53-30(3)57(45)47)26-41(59)50-34-11-13-36(14-12-34)65-24-23-64-22-21-63-20-19-62-18-17-49-35-10-7-32-27-56(44(55-61-4)37(32)25-35)39-15-16-40(58)52-46(39)60/h5-14,25,38-39,49H,15-24,26-27H2,1-4H3,(H,50,59)(H,52,58,60)/b55-44+/t38-,39?/m0/s1. The number of fused-ring (bicyclic) bond motifs is 4. The van der Waals surface area contributed by atoms with E-state index >= 15 is 0 Å². The van der Waals surface area contributed by atoms with Crippen molar-refractivity contribution >= 4 is 63.6 Å². The number of nitrogens with one attached hydrogen (secondary N) is 3. The van der Waals surface area contributed by atoms with Gasteiger partial charge >= 0.3 is 0 Å². The first kappa shape index (κ1) is 46.4. The summed E-state index contributed by atoms with van der Waals surface area (Å²) in [7, 11) is 1.47. The first-order chi connectivity index (χ1) is 32.1. The van der Waals surface area contributed by atoms with Crippen LogP contribution in [-0.4, -0.2) is 115 Å². The summed E-state index contributed by atoms with van der Waals surface area (Å²) >= 11 is 7.91. The third kappa shape index (κ3) is 10.7. The molecule has 3 N–H and O–H groups in total. The zero-order chi connectivity index (χ0) is 46.2. The molecule has 5 heterocycles. The fourth-order valence-corrected chi connectivity index (χ4v) is 9.39. The van der Waals surface area contributed by atoms with Crippen LogP contribution in [-0.2, 0) is 40.0 Å². The van der Waals surface area contributed by atoms with Gasteiger partial charge in [0.1, 0.15) is 42.4 Å². The summed E-state index contributed by atoms with van der Waals surface area (Å²) in [5, 5.41) is 23.5. The molecule has 1 saturated heterocycles. The van der Waals surface area contributed by atoms with Crippen LogP contribution in [0.25, 0.3) is 5.00 Å². The number of carbonyl (C=O) groups is 3. The molecule has 8 rings (SSSR count). The minimum atomic E-state index is -0.578. The van der Waals surface area contributed by atoms with Crippen molar-refractivity contribution in [2.45, 2.75) is 58.7 Å². The number of aryl methyl sites for hydroxylation is 2. The number of aromatic nitrogens is 3. The molecule has 5 aromatic rings. The highest BCUT2D eigenvalue weighted by Crippen LogP contribution is 2.40. The van der Waals surface area contributed by atoms with E-state index in [2.05, 4.69) is 45.2 Å². The first-order valence-corrected chi connectivity index (χ1v) is 23.0. The fraction of sp³-hybridized carbons (Fsp3) is 0.383. The van der Waals surface area contributed by atoms with E-state index in [0.717, 1.165) is 50.0 Å². The number of aliphatic imine (C=N–C) groups is 1. The maximum Gasteiger partial charge on any atom is 0.249 e. The number of amides is 3. The second-order valence-corrected chi connectivity index (χ2v) is 17.5. The number of thiophene rings is 1. The lowest BCUT2D eigenvalue weighted by Gasteiger charge is -2.30. The molecule has 19 heteroatoms. The van der Waals surface area contributed by atoms with Crippen LogP contribution in [0.3, 0.4) is 0 Å². The molecule has 0 saturated carbocycles. The average molecular weight is 939 g/mol. The Morgan fingerprint density at radius 1 is 0.909 bits per heavy atom. The van der Waals surface area contributed by atoms with Gasteiger partial charge in [0.15, 0.2) is 11.7 Å². The van der Waals surface area contributed by atoms with E-state index in [1.807, 2.05) is 58.9 Å². The third-order valence-corrected chi connectivity index (χ3v) is 12.9. The molecule has 2 atom stereocenters. The molecule has 2 aromatic heterocycles. The Balaban J connectivity index is 0.708. The molecule has 66 heavy (non-hydrogen) atoms. The van der Waals surface area contributed by atoms with Crippen molar-refractivity contribution < 1.29 is 38.2 Å². The quantitative estimate of drug-likeness (QED) is 0.0449. The van der Waals surface area contributed by atoms with Crippen LogP contribution in [0.2, 0.25) is 5.02 Å². The van der Waals surface area contributed by atoms with Gasteiger partial charge in [0.2, 0.25) is 17.7 Å². The van der Waals surface area contributed by atoms with E-state index in [-0.39, 0.29) is 30.6 Å². The summed E-state index contributed by atoms with van der Waals surface area (Å²) in [5.74, 6) is 1.79. The van der Waals surface area contributed by atoms with E-state index in [9.17, 15) is 14.4 Å². The summed E-state index contributed by atoms with van der Waals surface area (Å²) < 4.78 is 24.9. The number of nitrogens with zero attached hydrogens (tertiary/aromatic N) is 6. The largest absolute Gasteiger partial charge is 0.491 e. The van der Waals surface area contributed by atoms with Crippen LogP contribution in [0.5, 0.6) is 5.75 Å². The molecule has 3 aromatic carbocycles. The summed E-state index contributed by atoms with van der Waals surface area (Å²) in [6.45, 7) is 10.1. The van der Waals surface area contributed by atoms with E-state index in [1.165, 1.54) is 12.0 Å². The topological polar surface area (TPSA) is 192 Å². The number of piperidine rings is 1. The number of rotatable bonds is 20. The number of halogens is 1. The number of amidine groups is 1. The molecular weight excluding hydrogens is 886 g/mol. The lowest BCUT2D eigenvalue weighted by molar-refractivity contribution is -0.136. The summed E-state index contributed by atoms with van der Waals surface area (Å²) in [6.07, 6.45) is 0.776. The number of ether oxygens (including phenoxy) is 4. The minimum absolute atomic E-state index is 0.0636. The molecule has 346 valence electrons. The van der Waals surface area contributed by atoms with Crippen molar-refractivity contribution in [2.24, 2.45) is 10.1 Å². The van der Waals surface area contributed by atoms with Gasteiger partial charge in [-0.2, -0.15) is 0 Å². The van der Waals surface area contributed by atoms with Gasteiger partial charge in [-0.05, 0) is 86.8 Å². The van der Waals surface area contributed by atoms with Gasteiger partial charge in [0.05, 0.1) is 51.8 Å². The maximum atomic E-state index is 13.5. The van der Waals surface area contributed by atoms with Crippen molar-refractivity contribution in [3.8, 4) is 10.8 Å². The van der Waals surface area contributed by atoms with Crippen molar-refractivity contribution in [1.29, 1.82) is 0 Å². The SMILES string of the molecule is CO/N=C1\c2cc(NCCOCCOCCOCCOc3ccc(NC(=O)C[C@@H]4N=C(c5ccc(Cl)cc5)c5c(sc(C)c5C)-n5c(C)nnc54)cc3)ccc2CN1C1CCC(=O)NC1=O. The number of hydrogen-bond acceptors (Lipinski definition) is 14. The highest BCUT2D eigenvalue weighted by Gasteiger charge is 2.39. The highest BCUT2D eigenvalue weighted by molar-refractivity contribution is 7.15. The third-order valence-electron chi connectivity index (χ3n) is 11.4. The molecular formula is C47H52ClN9O8S. The van der Waals surface area contributed by atoms with Crippen LogP contribution in [0.1, 0.15) is 69.6 Å². The van der Waals surface area contributed by atoms with E-state index in [4.69, 9.17) is 40.4 Å². The number of oxime groups is 1. The Morgan fingerprint density at radius 3 is 2.35 bits per heavy atom. The molecule has 0 bridgehead atoms. The summed E-state index contributed by atoms with van der Waals surface area (Å²) in [6, 6.07) is 19.7. The van der Waals surface area contributed by atoms with Crippen molar-refractivity contribution in [3.63, 3.8) is 0 Å². The molecule has 0 radical (unpaired) electrons. The average Bonchev–Trinajstić information content (AvgIpc) is 3.93. The normalized spacial score (nSPS) is 17.1. The molecule has 0 aliphatic carbocycles. The van der Waals surface area contributed by atoms with Crippen LogP contribution < -0.4 is 20.7 Å². The van der Waals surface area contributed by atoms with Gasteiger partial charge in [-0.3, -0.25) is 29.3 Å². The Morgan fingerprint density at radius 2 is 1.62 bits per heavy atom. The monoisotopic (exact) mass is 937 g/mol. The Hall–Kier alpha value is -6.18. The fourth-order valence-electron chi connectivity index (χ4n) is 8.05. The number of hydrogen-bond donors (Lipinski definition) is 3. The van der Waals surface area contributed by atoms with Crippen LogP contribution >= 0.6 is 22.9 Å². The molecule has 3 aliphatic rings. The van der Waals surface area contributed by atoms with Gasteiger partial charge in [0.25, 0.3) is 0 Å². The summed E-state index contributed by atoms with van der Waals surface area (Å²) in [5.41, 5.74) is 7.26. The zero-order valence-electron chi connectivity index (χ0n) is 37.2. The van der Waals surface area contributed by atoms with Gasteiger partial charge in [-0.15, -0.1) is 21.5 Å². The molecule has 1 unspecified atom stereocenters. The van der Waals surface area contributed by atoms with Crippen molar-refractivity contribution in [2.75, 3.05) is 70.5 Å². The van der Waals surface area contributed by atoms with E-state index < -0.39 is 12.1 Å². The van der Waals surface area contributed by atoms with Crippen molar-refractivity contribution in [1.82, 2.24) is 25.0 Å². The smallest absolute Gasteiger partial charge is 0.249 e. The zero-order valence-corrected chi connectivity index (χ0v) is 38.8. The molecule has 0 spiro atoms. The maximum absolute atomic E-state index is 13.5. The van der Waals surface area contributed by atoms with Gasteiger partial charge in [0, 0.05) is 57.5 Å². The number of benzene rings is 3. The Kier molecular flexibility index (Phi) is 15.0. The Bertz CT molecular complexity index is 2610. The van der Waals surface area contributed by atoms with Crippen LogP contribution in [0, 0.1) is 20.8 Å². The molecule has 1 fully saturated rings. The second-order valence-electron chi connectivity index (χ2n) is 15.9. The predicted octanol–water partition coefficient (Wildman–Crippen LogP) is 6.30. The van der Waals surface area contributed by atoms with Crippen LogP contribution in [0.4, 0.5) is 11.4 Å². The second kappa shape index (κ2) is 21.4. The summed E-state index contributed by atoms with van der Waals surface area (Å²) in [4.78, 5) is 51.1. The highest BCUT2D eigenvalue weighted by atomic mass is 35.5. The number of anilines is 2. The lowest BCUT2D eigenvalue weighted by Crippen LogP contribution is -2.52. The van der Waals surface area contributed by atoms with Crippen LogP contribution in [0.15, 0.2) is 76.9 Å². The number of carbonyl (C=O) groups excluding carboxylic acids is 3. The minimum Gasteiger partial charge on any atom is -0.491 e. The molecule has 3 aliphatic heterocycles. The molecule has 3 amide bonds. The van der Waals surface area contributed by atoms with Gasteiger partial charge < -0.3 is 39.3 Å². The predicted molar refractivity (Wildman–Crippen MR) is 251 cm³/mol.